The number of hydrogen-bond donors (Lipinski definition) is 2. The molecule has 0 atom stereocenters. The van der Waals surface area contributed by atoms with E-state index in [4.69, 9.17) is 18.9 Å². The summed E-state index contributed by atoms with van der Waals surface area (Å²) >= 11 is 3.34. The molecule has 4 aromatic carbocycles. The number of nitrogens with one attached hydrogen (secondary N) is 2. The molecule has 43 heavy (non-hydrogen) atoms. The van der Waals surface area contributed by atoms with E-state index in [-0.39, 0.29) is 24.0 Å². The van der Waals surface area contributed by atoms with Crippen molar-refractivity contribution in [2.45, 2.75) is 0 Å². The Morgan fingerprint density at radius 3 is 2.40 bits per heavy atom. The van der Waals surface area contributed by atoms with Gasteiger partial charge in [0.1, 0.15) is 5.70 Å². The second-order valence-electron chi connectivity index (χ2n) is 9.00. The summed E-state index contributed by atoms with van der Waals surface area (Å²) in [5.74, 6) is -0.0591. The number of amides is 2. The number of rotatable bonds is 9. The summed E-state index contributed by atoms with van der Waals surface area (Å²) in [6.45, 7) is 0.106. The van der Waals surface area contributed by atoms with Crippen LogP contribution in [-0.2, 0) is 4.79 Å². The molecule has 0 radical (unpaired) electrons. The SMILES string of the molecule is COc1cc(C=NNC(=O)C(=Cc2ccc3c(c2)OCO3)NC(=O)c2ccccc2)ccc1OC(=O)c1cccc(Br)c1. The summed E-state index contributed by atoms with van der Waals surface area (Å²) < 4.78 is 22.4. The summed E-state index contributed by atoms with van der Waals surface area (Å²) in [4.78, 5) is 38.6. The van der Waals surface area contributed by atoms with Gasteiger partial charge in [-0.05, 0) is 77.9 Å². The van der Waals surface area contributed by atoms with Crippen LogP contribution in [0.15, 0.2) is 106 Å². The van der Waals surface area contributed by atoms with Gasteiger partial charge in [-0.25, -0.2) is 10.2 Å². The lowest BCUT2D eigenvalue weighted by atomic mass is 10.1. The highest BCUT2D eigenvalue weighted by atomic mass is 79.9. The van der Waals surface area contributed by atoms with Crippen LogP contribution < -0.4 is 29.7 Å². The molecule has 0 bridgehead atoms. The molecule has 10 nitrogen and oxygen atoms in total. The number of ether oxygens (including phenoxy) is 4. The van der Waals surface area contributed by atoms with Crippen LogP contribution in [0.1, 0.15) is 31.8 Å². The van der Waals surface area contributed by atoms with Crippen LogP contribution in [0.2, 0.25) is 0 Å². The number of methoxy groups -OCH3 is 1. The first-order chi connectivity index (χ1) is 20.9. The predicted molar refractivity (Wildman–Crippen MR) is 162 cm³/mol. The molecule has 11 heteroatoms. The quantitative estimate of drug-likeness (QED) is 0.0832. The van der Waals surface area contributed by atoms with Gasteiger partial charge in [0.2, 0.25) is 6.79 Å². The second kappa shape index (κ2) is 13.5. The lowest BCUT2D eigenvalue weighted by Crippen LogP contribution is -2.32. The largest absolute Gasteiger partial charge is 0.493 e. The Morgan fingerprint density at radius 2 is 1.60 bits per heavy atom. The Balaban J connectivity index is 1.31. The molecule has 1 aliphatic heterocycles. The molecule has 4 aromatic rings. The molecule has 2 amide bonds. The maximum Gasteiger partial charge on any atom is 0.343 e. The Morgan fingerprint density at radius 1 is 0.837 bits per heavy atom. The minimum Gasteiger partial charge on any atom is -0.493 e. The molecule has 1 heterocycles. The van der Waals surface area contributed by atoms with Crippen molar-refractivity contribution in [1.29, 1.82) is 0 Å². The number of nitrogens with zero attached hydrogens (tertiary/aromatic N) is 1. The van der Waals surface area contributed by atoms with Crippen molar-refractivity contribution in [3.63, 3.8) is 0 Å². The Labute approximate surface area is 255 Å². The average Bonchev–Trinajstić information content (AvgIpc) is 3.49. The minimum atomic E-state index is -0.662. The van der Waals surface area contributed by atoms with Gasteiger partial charge in [-0.1, -0.05) is 46.3 Å². The number of esters is 1. The summed E-state index contributed by atoms with van der Waals surface area (Å²) in [6.07, 6.45) is 2.89. The van der Waals surface area contributed by atoms with Crippen molar-refractivity contribution in [2.75, 3.05) is 13.9 Å². The van der Waals surface area contributed by atoms with Gasteiger partial charge in [0.25, 0.3) is 11.8 Å². The van der Waals surface area contributed by atoms with Gasteiger partial charge < -0.3 is 24.3 Å². The molecular formula is C32H24BrN3O7. The van der Waals surface area contributed by atoms with Crippen molar-refractivity contribution in [3.8, 4) is 23.0 Å². The zero-order valence-corrected chi connectivity index (χ0v) is 24.3. The predicted octanol–water partition coefficient (Wildman–Crippen LogP) is 5.33. The van der Waals surface area contributed by atoms with E-state index in [0.717, 1.165) is 4.47 Å². The van der Waals surface area contributed by atoms with E-state index in [1.54, 1.807) is 91.0 Å². The summed E-state index contributed by atoms with van der Waals surface area (Å²) in [5, 5.41) is 6.69. The smallest absolute Gasteiger partial charge is 0.343 e. The summed E-state index contributed by atoms with van der Waals surface area (Å²) in [6, 6.07) is 25.3. The number of benzene rings is 4. The molecular weight excluding hydrogens is 618 g/mol. The summed E-state index contributed by atoms with van der Waals surface area (Å²) in [7, 11) is 1.44. The first-order valence-corrected chi connectivity index (χ1v) is 13.7. The summed E-state index contributed by atoms with van der Waals surface area (Å²) in [5.41, 5.74) is 4.29. The fourth-order valence-electron chi connectivity index (χ4n) is 3.96. The van der Waals surface area contributed by atoms with Gasteiger partial charge in [0.15, 0.2) is 23.0 Å². The van der Waals surface area contributed by atoms with Crippen LogP contribution in [0.4, 0.5) is 0 Å². The third-order valence-electron chi connectivity index (χ3n) is 6.07. The molecule has 0 fully saturated rings. The highest BCUT2D eigenvalue weighted by Crippen LogP contribution is 2.33. The highest BCUT2D eigenvalue weighted by molar-refractivity contribution is 9.10. The van der Waals surface area contributed by atoms with Crippen LogP contribution in [0.25, 0.3) is 6.08 Å². The van der Waals surface area contributed by atoms with Gasteiger partial charge in [0.05, 0.1) is 18.9 Å². The van der Waals surface area contributed by atoms with Crippen LogP contribution in [-0.4, -0.2) is 37.9 Å². The minimum absolute atomic E-state index is 0.0442. The zero-order chi connectivity index (χ0) is 30.2. The van der Waals surface area contributed by atoms with Crippen molar-refractivity contribution in [1.82, 2.24) is 10.7 Å². The Kier molecular flexibility index (Phi) is 9.13. The van der Waals surface area contributed by atoms with E-state index in [2.05, 4.69) is 31.8 Å². The fourth-order valence-corrected chi connectivity index (χ4v) is 4.36. The number of carbonyl (C=O) groups is 3. The average molecular weight is 642 g/mol. The third kappa shape index (κ3) is 7.46. The Bertz CT molecular complexity index is 1740. The van der Waals surface area contributed by atoms with Gasteiger partial charge in [-0.15, -0.1) is 0 Å². The topological polar surface area (TPSA) is 125 Å². The molecule has 0 unspecified atom stereocenters. The fraction of sp³-hybridized carbons (Fsp3) is 0.0625. The van der Waals surface area contributed by atoms with E-state index in [0.29, 0.717) is 33.8 Å². The van der Waals surface area contributed by atoms with Crippen LogP contribution in [0.3, 0.4) is 0 Å². The molecule has 0 spiro atoms. The molecule has 5 rings (SSSR count). The van der Waals surface area contributed by atoms with Crippen molar-refractivity contribution < 1.29 is 33.3 Å². The van der Waals surface area contributed by atoms with E-state index in [9.17, 15) is 14.4 Å². The lowest BCUT2D eigenvalue weighted by Gasteiger charge is -2.10. The molecule has 0 aliphatic carbocycles. The van der Waals surface area contributed by atoms with Crippen molar-refractivity contribution in [3.05, 3.63) is 123 Å². The van der Waals surface area contributed by atoms with Crippen molar-refractivity contribution in [2.24, 2.45) is 5.10 Å². The molecule has 0 aromatic heterocycles. The van der Waals surface area contributed by atoms with Gasteiger partial charge in [-0.3, -0.25) is 9.59 Å². The van der Waals surface area contributed by atoms with Crippen LogP contribution in [0.5, 0.6) is 23.0 Å². The molecule has 0 saturated heterocycles. The van der Waals surface area contributed by atoms with Crippen LogP contribution in [0, 0.1) is 0 Å². The van der Waals surface area contributed by atoms with Crippen LogP contribution >= 0.6 is 15.9 Å². The monoisotopic (exact) mass is 641 g/mol. The Hall–Kier alpha value is -5.42. The maximum atomic E-state index is 13.1. The first-order valence-electron chi connectivity index (χ1n) is 12.9. The third-order valence-corrected chi connectivity index (χ3v) is 6.56. The number of fused-ring (bicyclic) bond motifs is 1. The first kappa shape index (κ1) is 29.1. The standard InChI is InChI=1S/C32H24BrN3O7/c1-40-28-16-21(11-13-27(28)43-32(39)23-8-5-9-24(33)17-23)18-34-36-31(38)25(35-30(37)22-6-3-2-4-7-22)14-20-10-12-26-29(15-20)42-19-41-26/h2-18H,19H2,1H3,(H,35,37)(H,36,38). The van der Waals surface area contributed by atoms with E-state index in [1.807, 2.05) is 0 Å². The molecule has 0 saturated carbocycles. The maximum absolute atomic E-state index is 13.1. The van der Waals surface area contributed by atoms with E-state index >= 15 is 0 Å². The number of halogens is 1. The second-order valence-corrected chi connectivity index (χ2v) is 9.92. The molecule has 1 aliphatic rings. The highest BCUT2D eigenvalue weighted by Gasteiger charge is 2.17. The number of hydrazone groups is 1. The normalized spacial score (nSPS) is 12.1. The van der Waals surface area contributed by atoms with Gasteiger partial charge >= 0.3 is 5.97 Å². The van der Waals surface area contributed by atoms with Gasteiger partial charge in [0, 0.05) is 10.0 Å². The van der Waals surface area contributed by atoms with Crippen molar-refractivity contribution >= 4 is 46.0 Å². The number of hydrogen-bond acceptors (Lipinski definition) is 8. The van der Waals surface area contributed by atoms with E-state index < -0.39 is 17.8 Å². The molecule has 2 N–H and O–H groups in total. The number of carbonyl (C=O) groups excluding carboxylic acids is 3. The molecule has 216 valence electrons. The van der Waals surface area contributed by atoms with E-state index in [1.165, 1.54) is 19.4 Å². The lowest BCUT2D eigenvalue weighted by molar-refractivity contribution is -0.117. The van der Waals surface area contributed by atoms with Gasteiger partial charge in [-0.2, -0.15) is 5.10 Å². The zero-order valence-electron chi connectivity index (χ0n) is 22.7.